The van der Waals surface area contributed by atoms with Gasteiger partial charge in [-0.3, -0.25) is 0 Å². The SMILES string of the molecule is CCN(c1nc(C)cc(C)c1CCl)C(C)COC. The van der Waals surface area contributed by atoms with E-state index in [9.17, 15) is 0 Å². The number of pyridine rings is 1. The molecular formula is C14H23ClN2O. The standard InChI is InChI=1S/C14H23ClN2O/c1-6-17(12(4)9-18-5)14-13(8-15)10(2)7-11(3)16-14/h7,12H,6,8-9H2,1-5H3. The molecule has 0 bridgehead atoms. The highest BCUT2D eigenvalue weighted by Crippen LogP contribution is 2.25. The molecule has 1 aromatic heterocycles. The van der Waals surface area contributed by atoms with Gasteiger partial charge in [0.1, 0.15) is 5.82 Å². The summed E-state index contributed by atoms with van der Waals surface area (Å²) in [6.07, 6.45) is 0. The molecule has 3 nitrogen and oxygen atoms in total. The Kier molecular flexibility index (Phi) is 5.89. The van der Waals surface area contributed by atoms with Gasteiger partial charge in [0, 0.05) is 24.9 Å². The summed E-state index contributed by atoms with van der Waals surface area (Å²) in [5.41, 5.74) is 3.35. The van der Waals surface area contributed by atoms with Crippen LogP contribution in [0.5, 0.6) is 0 Å². The van der Waals surface area contributed by atoms with Gasteiger partial charge in [0.2, 0.25) is 0 Å². The zero-order valence-corrected chi connectivity index (χ0v) is 12.7. The summed E-state index contributed by atoms with van der Waals surface area (Å²) in [6, 6.07) is 2.37. The zero-order valence-electron chi connectivity index (χ0n) is 12.0. The summed E-state index contributed by atoms with van der Waals surface area (Å²) in [4.78, 5) is 6.92. The Hall–Kier alpha value is -0.800. The van der Waals surface area contributed by atoms with Gasteiger partial charge >= 0.3 is 0 Å². The molecule has 0 fully saturated rings. The number of likely N-dealkylation sites (N-methyl/N-ethyl adjacent to an activating group) is 1. The van der Waals surface area contributed by atoms with Crippen LogP contribution >= 0.6 is 11.6 Å². The van der Waals surface area contributed by atoms with E-state index in [1.54, 1.807) is 7.11 Å². The summed E-state index contributed by atoms with van der Waals surface area (Å²) in [5, 5.41) is 0. The van der Waals surface area contributed by atoms with Crippen molar-refractivity contribution in [2.24, 2.45) is 0 Å². The molecule has 0 saturated carbocycles. The first-order valence-corrected chi connectivity index (χ1v) is 6.87. The highest BCUT2D eigenvalue weighted by atomic mass is 35.5. The van der Waals surface area contributed by atoms with Gasteiger partial charge in [0.25, 0.3) is 0 Å². The maximum atomic E-state index is 6.07. The van der Waals surface area contributed by atoms with E-state index >= 15 is 0 Å². The van der Waals surface area contributed by atoms with Crippen LogP contribution in [0.4, 0.5) is 5.82 Å². The number of aromatic nitrogens is 1. The first-order chi connectivity index (χ1) is 8.54. The van der Waals surface area contributed by atoms with Gasteiger partial charge < -0.3 is 9.64 Å². The topological polar surface area (TPSA) is 25.4 Å². The highest BCUT2D eigenvalue weighted by molar-refractivity contribution is 6.17. The van der Waals surface area contributed by atoms with Gasteiger partial charge in [-0.2, -0.15) is 0 Å². The molecule has 0 radical (unpaired) electrons. The Labute approximate surface area is 115 Å². The Morgan fingerprint density at radius 2 is 2.11 bits per heavy atom. The summed E-state index contributed by atoms with van der Waals surface area (Å²) < 4.78 is 5.24. The average molecular weight is 271 g/mol. The number of rotatable bonds is 6. The second kappa shape index (κ2) is 6.95. The molecule has 0 aromatic carbocycles. The van der Waals surface area contributed by atoms with Crippen molar-refractivity contribution in [1.82, 2.24) is 4.98 Å². The Balaban J connectivity index is 3.19. The number of ether oxygens (including phenoxy) is 1. The zero-order chi connectivity index (χ0) is 13.7. The molecule has 0 aliphatic carbocycles. The molecule has 4 heteroatoms. The van der Waals surface area contributed by atoms with E-state index in [4.69, 9.17) is 16.3 Å². The summed E-state index contributed by atoms with van der Waals surface area (Å²) in [5.74, 6) is 1.49. The number of aryl methyl sites for hydroxylation is 2. The van der Waals surface area contributed by atoms with Crippen LogP contribution in [0.25, 0.3) is 0 Å². The fraction of sp³-hybridized carbons (Fsp3) is 0.643. The molecule has 0 aliphatic heterocycles. The molecule has 0 saturated heterocycles. The third-order valence-electron chi connectivity index (χ3n) is 3.14. The Morgan fingerprint density at radius 3 is 2.61 bits per heavy atom. The molecule has 1 rings (SSSR count). The first kappa shape index (κ1) is 15.3. The molecule has 1 aromatic rings. The quantitative estimate of drug-likeness (QED) is 0.742. The van der Waals surface area contributed by atoms with Crippen LogP contribution in [-0.4, -0.2) is 31.3 Å². The third-order valence-corrected chi connectivity index (χ3v) is 3.41. The molecule has 1 atom stereocenters. The van der Waals surface area contributed by atoms with Crippen molar-refractivity contribution in [2.75, 3.05) is 25.2 Å². The van der Waals surface area contributed by atoms with E-state index < -0.39 is 0 Å². The fourth-order valence-corrected chi connectivity index (χ4v) is 2.58. The van der Waals surface area contributed by atoms with Gasteiger partial charge in [-0.15, -0.1) is 11.6 Å². The van der Waals surface area contributed by atoms with Crippen molar-refractivity contribution in [3.63, 3.8) is 0 Å². The van der Waals surface area contributed by atoms with Crippen LogP contribution in [0.15, 0.2) is 6.07 Å². The minimum Gasteiger partial charge on any atom is -0.383 e. The maximum Gasteiger partial charge on any atom is 0.133 e. The fourth-order valence-electron chi connectivity index (χ4n) is 2.25. The Bertz CT molecular complexity index is 396. The molecule has 18 heavy (non-hydrogen) atoms. The van der Waals surface area contributed by atoms with Gasteiger partial charge in [-0.1, -0.05) is 0 Å². The van der Waals surface area contributed by atoms with Gasteiger partial charge in [0.05, 0.1) is 18.5 Å². The van der Waals surface area contributed by atoms with Gasteiger partial charge in [-0.05, 0) is 39.3 Å². The van der Waals surface area contributed by atoms with Crippen molar-refractivity contribution in [2.45, 2.75) is 39.6 Å². The van der Waals surface area contributed by atoms with Crippen LogP contribution in [0.3, 0.4) is 0 Å². The van der Waals surface area contributed by atoms with E-state index in [-0.39, 0.29) is 6.04 Å². The summed E-state index contributed by atoms with van der Waals surface area (Å²) >= 11 is 6.07. The van der Waals surface area contributed by atoms with E-state index in [2.05, 4.69) is 36.7 Å². The Morgan fingerprint density at radius 1 is 1.44 bits per heavy atom. The van der Waals surface area contributed by atoms with E-state index in [0.29, 0.717) is 12.5 Å². The van der Waals surface area contributed by atoms with Crippen molar-refractivity contribution in [3.8, 4) is 0 Å². The number of nitrogens with zero attached hydrogens (tertiary/aromatic N) is 2. The maximum absolute atomic E-state index is 6.07. The molecule has 0 amide bonds. The molecule has 1 heterocycles. The molecule has 0 spiro atoms. The molecule has 102 valence electrons. The van der Waals surface area contributed by atoms with Gasteiger partial charge in [-0.25, -0.2) is 4.98 Å². The number of hydrogen-bond donors (Lipinski definition) is 0. The van der Waals surface area contributed by atoms with Crippen molar-refractivity contribution >= 4 is 17.4 Å². The van der Waals surface area contributed by atoms with E-state index in [0.717, 1.165) is 23.6 Å². The average Bonchev–Trinajstić information content (AvgIpc) is 2.29. The molecular weight excluding hydrogens is 248 g/mol. The predicted octanol–water partition coefficient (Wildman–Crippen LogP) is 3.30. The number of halogens is 1. The minimum atomic E-state index is 0.288. The van der Waals surface area contributed by atoms with Crippen molar-refractivity contribution < 1.29 is 4.74 Å². The number of hydrogen-bond acceptors (Lipinski definition) is 3. The van der Waals surface area contributed by atoms with Crippen LogP contribution < -0.4 is 4.90 Å². The summed E-state index contributed by atoms with van der Waals surface area (Å²) in [7, 11) is 1.72. The minimum absolute atomic E-state index is 0.288. The highest BCUT2D eigenvalue weighted by Gasteiger charge is 2.18. The lowest BCUT2D eigenvalue weighted by Gasteiger charge is -2.31. The molecule has 1 unspecified atom stereocenters. The van der Waals surface area contributed by atoms with Crippen LogP contribution in [0.2, 0.25) is 0 Å². The van der Waals surface area contributed by atoms with Crippen LogP contribution in [0.1, 0.15) is 30.7 Å². The van der Waals surface area contributed by atoms with E-state index in [1.165, 1.54) is 5.56 Å². The smallest absolute Gasteiger partial charge is 0.133 e. The second-order valence-electron chi connectivity index (χ2n) is 4.61. The summed E-state index contributed by atoms with van der Waals surface area (Å²) in [6.45, 7) is 9.95. The number of methoxy groups -OCH3 is 1. The molecule has 0 aliphatic rings. The first-order valence-electron chi connectivity index (χ1n) is 6.33. The monoisotopic (exact) mass is 270 g/mol. The lowest BCUT2D eigenvalue weighted by atomic mass is 10.1. The van der Waals surface area contributed by atoms with Crippen LogP contribution in [-0.2, 0) is 10.6 Å². The second-order valence-corrected chi connectivity index (χ2v) is 4.87. The third kappa shape index (κ3) is 3.36. The van der Waals surface area contributed by atoms with Crippen LogP contribution in [0, 0.1) is 13.8 Å². The van der Waals surface area contributed by atoms with Crippen molar-refractivity contribution in [1.29, 1.82) is 0 Å². The largest absolute Gasteiger partial charge is 0.383 e. The lowest BCUT2D eigenvalue weighted by molar-refractivity contribution is 0.181. The number of alkyl halides is 1. The number of anilines is 1. The molecule has 0 N–H and O–H groups in total. The van der Waals surface area contributed by atoms with Crippen molar-refractivity contribution in [3.05, 3.63) is 22.9 Å². The normalized spacial score (nSPS) is 12.6. The van der Waals surface area contributed by atoms with E-state index in [1.807, 2.05) is 6.92 Å². The lowest BCUT2D eigenvalue weighted by Crippen LogP contribution is -2.37. The predicted molar refractivity (Wildman–Crippen MR) is 77.6 cm³/mol. The van der Waals surface area contributed by atoms with Gasteiger partial charge in [0.15, 0.2) is 0 Å².